The number of hydrogen-bond donors (Lipinski definition) is 3. The molecule has 1 amide bonds. The number of nitrogens with zero attached hydrogens (tertiary/aromatic N) is 1. The van der Waals surface area contributed by atoms with Gasteiger partial charge in [-0.15, -0.1) is 0 Å². The number of carbonyl (C=O) groups is 1. The minimum Gasteiger partial charge on any atom is -0.357 e. The maximum absolute atomic E-state index is 11.6. The van der Waals surface area contributed by atoms with Crippen molar-refractivity contribution in [3.8, 4) is 0 Å². The van der Waals surface area contributed by atoms with Crippen molar-refractivity contribution in [2.75, 3.05) is 20.1 Å². The van der Waals surface area contributed by atoms with Crippen LogP contribution in [0.25, 0.3) is 0 Å². The molecule has 0 radical (unpaired) electrons. The Kier molecular flexibility index (Phi) is 7.29. The van der Waals surface area contributed by atoms with E-state index in [4.69, 9.17) is 0 Å². The van der Waals surface area contributed by atoms with Crippen molar-refractivity contribution in [2.45, 2.75) is 27.3 Å². The molecule has 0 bridgehead atoms. The zero-order valence-electron chi connectivity index (χ0n) is 13.4. The van der Waals surface area contributed by atoms with Gasteiger partial charge in [-0.25, -0.2) is 4.99 Å². The Morgan fingerprint density at radius 1 is 1.29 bits per heavy atom. The smallest absolute Gasteiger partial charge is 0.251 e. The van der Waals surface area contributed by atoms with Crippen molar-refractivity contribution in [3.63, 3.8) is 0 Å². The third-order valence-electron chi connectivity index (χ3n) is 2.86. The quantitative estimate of drug-likeness (QED) is 0.552. The molecule has 0 fully saturated rings. The van der Waals surface area contributed by atoms with Gasteiger partial charge in [0.25, 0.3) is 5.91 Å². The molecule has 0 aliphatic heterocycles. The number of rotatable bonds is 6. The Labute approximate surface area is 127 Å². The molecule has 5 nitrogen and oxygen atoms in total. The third-order valence-corrected chi connectivity index (χ3v) is 2.86. The summed E-state index contributed by atoms with van der Waals surface area (Å²) in [5.74, 6) is 1.28. The van der Waals surface area contributed by atoms with Gasteiger partial charge in [0, 0.05) is 25.7 Å². The van der Waals surface area contributed by atoms with Crippen molar-refractivity contribution in [3.05, 3.63) is 35.4 Å². The fraction of sp³-hybridized carbons (Fsp3) is 0.500. The highest BCUT2D eigenvalue weighted by atomic mass is 16.1. The topological polar surface area (TPSA) is 65.5 Å². The molecule has 0 aromatic heterocycles. The maximum Gasteiger partial charge on any atom is 0.251 e. The Bertz CT molecular complexity index is 483. The molecular formula is C16H26N4O. The van der Waals surface area contributed by atoms with Gasteiger partial charge < -0.3 is 16.0 Å². The van der Waals surface area contributed by atoms with E-state index in [2.05, 4.69) is 34.8 Å². The number of aliphatic imine (C=N–C) groups is 1. The van der Waals surface area contributed by atoms with Gasteiger partial charge in [-0.2, -0.15) is 0 Å². The molecule has 0 saturated heterocycles. The van der Waals surface area contributed by atoms with Crippen LogP contribution in [0, 0.1) is 5.92 Å². The van der Waals surface area contributed by atoms with Gasteiger partial charge in [-0.1, -0.05) is 26.0 Å². The van der Waals surface area contributed by atoms with Crippen LogP contribution in [0.4, 0.5) is 0 Å². The first kappa shape index (κ1) is 17.0. The van der Waals surface area contributed by atoms with E-state index >= 15 is 0 Å². The van der Waals surface area contributed by atoms with Crippen LogP contribution < -0.4 is 16.0 Å². The van der Waals surface area contributed by atoms with E-state index in [1.807, 2.05) is 25.1 Å². The van der Waals surface area contributed by atoms with Crippen molar-refractivity contribution >= 4 is 11.9 Å². The lowest BCUT2D eigenvalue weighted by molar-refractivity contribution is 0.0963. The summed E-state index contributed by atoms with van der Waals surface area (Å²) >= 11 is 0. The van der Waals surface area contributed by atoms with E-state index < -0.39 is 0 Å². The third kappa shape index (κ3) is 6.29. The van der Waals surface area contributed by atoms with Gasteiger partial charge in [0.05, 0.1) is 6.54 Å². The molecule has 21 heavy (non-hydrogen) atoms. The zero-order valence-corrected chi connectivity index (χ0v) is 13.4. The lowest BCUT2D eigenvalue weighted by Crippen LogP contribution is -2.39. The van der Waals surface area contributed by atoms with Gasteiger partial charge in [0.2, 0.25) is 0 Å². The highest BCUT2D eigenvalue weighted by Gasteiger charge is 2.04. The summed E-state index contributed by atoms with van der Waals surface area (Å²) in [6, 6.07) is 7.52. The predicted molar refractivity (Wildman–Crippen MR) is 87.5 cm³/mol. The Morgan fingerprint density at radius 2 is 2.05 bits per heavy atom. The molecule has 1 aromatic carbocycles. The molecule has 0 atom stereocenters. The van der Waals surface area contributed by atoms with Gasteiger partial charge in [0.15, 0.2) is 5.96 Å². The first-order chi connectivity index (χ1) is 10.1. The van der Waals surface area contributed by atoms with Crippen molar-refractivity contribution in [1.29, 1.82) is 0 Å². The molecule has 0 aliphatic carbocycles. The number of benzene rings is 1. The molecule has 0 heterocycles. The van der Waals surface area contributed by atoms with Crippen LogP contribution in [-0.4, -0.2) is 32.0 Å². The van der Waals surface area contributed by atoms with Gasteiger partial charge in [-0.05, 0) is 30.5 Å². The Hall–Kier alpha value is -2.04. The number of amides is 1. The summed E-state index contributed by atoms with van der Waals surface area (Å²) in [4.78, 5) is 16.2. The van der Waals surface area contributed by atoms with Crippen LogP contribution in [0.1, 0.15) is 36.7 Å². The van der Waals surface area contributed by atoms with E-state index in [1.165, 1.54) is 0 Å². The van der Waals surface area contributed by atoms with E-state index in [9.17, 15) is 4.79 Å². The molecular weight excluding hydrogens is 264 g/mol. The largest absolute Gasteiger partial charge is 0.357 e. The predicted octanol–water partition coefficient (Wildman–Crippen LogP) is 1.76. The standard InChI is InChI=1S/C16H26N4O/c1-5-18-16(19-10-12(2)3)20-11-13-7-6-8-14(9-13)15(21)17-4/h6-9,12H,5,10-11H2,1-4H3,(H,17,21)(H2,18,19,20). The average Bonchev–Trinajstić information content (AvgIpc) is 2.49. The summed E-state index contributed by atoms with van der Waals surface area (Å²) < 4.78 is 0. The molecule has 5 heteroatoms. The molecule has 0 aliphatic rings. The molecule has 0 unspecified atom stereocenters. The molecule has 0 saturated carbocycles. The highest BCUT2D eigenvalue weighted by molar-refractivity contribution is 5.94. The monoisotopic (exact) mass is 290 g/mol. The second kappa shape index (κ2) is 9.00. The number of carbonyl (C=O) groups excluding carboxylic acids is 1. The Balaban J connectivity index is 2.72. The summed E-state index contributed by atoms with van der Waals surface area (Å²) in [7, 11) is 1.63. The van der Waals surface area contributed by atoms with Crippen molar-refractivity contribution in [1.82, 2.24) is 16.0 Å². The van der Waals surface area contributed by atoms with Crippen LogP contribution in [0.5, 0.6) is 0 Å². The van der Waals surface area contributed by atoms with Gasteiger partial charge >= 0.3 is 0 Å². The first-order valence-corrected chi connectivity index (χ1v) is 7.40. The number of guanidine groups is 1. The van der Waals surface area contributed by atoms with Crippen LogP contribution in [0.15, 0.2) is 29.3 Å². The molecule has 1 rings (SSSR count). The number of hydrogen-bond acceptors (Lipinski definition) is 2. The lowest BCUT2D eigenvalue weighted by atomic mass is 10.1. The Morgan fingerprint density at radius 3 is 2.67 bits per heavy atom. The molecule has 3 N–H and O–H groups in total. The van der Waals surface area contributed by atoms with Crippen molar-refractivity contribution < 1.29 is 4.79 Å². The van der Waals surface area contributed by atoms with E-state index in [-0.39, 0.29) is 5.91 Å². The van der Waals surface area contributed by atoms with E-state index in [1.54, 1.807) is 13.1 Å². The highest BCUT2D eigenvalue weighted by Crippen LogP contribution is 2.06. The van der Waals surface area contributed by atoms with E-state index in [0.29, 0.717) is 18.0 Å². The second-order valence-corrected chi connectivity index (χ2v) is 5.25. The van der Waals surface area contributed by atoms with Crippen LogP contribution in [-0.2, 0) is 6.54 Å². The summed E-state index contributed by atoms with van der Waals surface area (Å²) in [5.41, 5.74) is 1.67. The normalized spacial score (nSPS) is 11.4. The molecule has 116 valence electrons. The first-order valence-electron chi connectivity index (χ1n) is 7.40. The summed E-state index contributed by atoms with van der Waals surface area (Å²) in [5, 5.41) is 9.14. The van der Waals surface area contributed by atoms with Crippen LogP contribution in [0.3, 0.4) is 0 Å². The van der Waals surface area contributed by atoms with Crippen LogP contribution >= 0.6 is 0 Å². The van der Waals surface area contributed by atoms with Gasteiger partial charge in [-0.3, -0.25) is 4.79 Å². The summed E-state index contributed by atoms with van der Waals surface area (Å²) in [6.45, 7) is 8.59. The maximum atomic E-state index is 11.6. The van der Waals surface area contributed by atoms with E-state index in [0.717, 1.165) is 24.6 Å². The van der Waals surface area contributed by atoms with Crippen LogP contribution in [0.2, 0.25) is 0 Å². The molecule has 0 spiro atoms. The minimum absolute atomic E-state index is 0.0781. The lowest BCUT2D eigenvalue weighted by Gasteiger charge is -2.13. The SMILES string of the molecule is CCNC(=NCc1cccc(C(=O)NC)c1)NCC(C)C. The van der Waals surface area contributed by atoms with Gasteiger partial charge in [0.1, 0.15) is 0 Å². The molecule has 1 aromatic rings. The number of nitrogens with one attached hydrogen (secondary N) is 3. The minimum atomic E-state index is -0.0781. The average molecular weight is 290 g/mol. The van der Waals surface area contributed by atoms with Crippen molar-refractivity contribution in [2.24, 2.45) is 10.9 Å². The fourth-order valence-electron chi connectivity index (χ4n) is 1.77. The summed E-state index contributed by atoms with van der Waals surface area (Å²) in [6.07, 6.45) is 0. The zero-order chi connectivity index (χ0) is 15.7. The second-order valence-electron chi connectivity index (χ2n) is 5.25. The fourth-order valence-corrected chi connectivity index (χ4v) is 1.77.